The van der Waals surface area contributed by atoms with E-state index in [2.05, 4.69) is 27.5 Å². The van der Waals surface area contributed by atoms with E-state index in [1.165, 1.54) is 11.3 Å². The second-order valence-electron chi connectivity index (χ2n) is 11.9. The number of thiocarbonyl (C=S) groups is 1. The van der Waals surface area contributed by atoms with E-state index < -0.39 is 11.0 Å². The van der Waals surface area contributed by atoms with E-state index in [0.717, 1.165) is 36.1 Å². The number of fused-ring (bicyclic) bond motifs is 1. The Bertz CT molecular complexity index is 1480. The Morgan fingerprint density at radius 3 is 2.74 bits per heavy atom. The number of aromatic nitrogens is 2. The molecule has 2 aromatic rings. The van der Waals surface area contributed by atoms with E-state index in [9.17, 15) is 10.1 Å². The molecule has 10 nitrogen and oxygen atoms in total. The molecule has 228 valence electrons. The number of amides is 1. The minimum Gasteiger partial charge on any atom is -0.444 e. The third-order valence-corrected chi connectivity index (χ3v) is 8.98. The van der Waals surface area contributed by atoms with Crippen molar-refractivity contribution in [1.29, 1.82) is 5.26 Å². The summed E-state index contributed by atoms with van der Waals surface area (Å²) in [4.78, 5) is 33.7. The summed E-state index contributed by atoms with van der Waals surface area (Å²) in [5.74, 6) is 0.539. The number of ether oxygens (including phenoxy) is 1. The fraction of sp³-hybridized carbons (Fsp3) is 0.484. The maximum absolute atomic E-state index is 12.6. The lowest BCUT2D eigenvalue weighted by atomic mass is 9.69. The highest BCUT2D eigenvalue weighted by Crippen LogP contribution is 2.49. The van der Waals surface area contributed by atoms with Crippen molar-refractivity contribution in [3.63, 3.8) is 0 Å². The lowest BCUT2D eigenvalue weighted by Gasteiger charge is -2.35. The van der Waals surface area contributed by atoms with Crippen molar-refractivity contribution in [2.24, 2.45) is 10.7 Å². The molecule has 0 saturated carbocycles. The minimum atomic E-state index is -0.716. The van der Waals surface area contributed by atoms with Crippen LogP contribution < -0.4 is 10.6 Å². The summed E-state index contributed by atoms with van der Waals surface area (Å²) in [7, 11) is 3.79. The van der Waals surface area contributed by atoms with E-state index >= 15 is 0 Å². The maximum atomic E-state index is 12.6. The van der Waals surface area contributed by atoms with Crippen LogP contribution in [0.2, 0.25) is 0 Å². The van der Waals surface area contributed by atoms with Crippen LogP contribution in [-0.4, -0.2) is 82.9 Å². The van der Waals surface area contributed by atoms with Crippen LogP contribution in [0, 0.1) is 11.3 Å². The molecule has 3 heterocycles. The minimum absolute atomic E-state index is 0.312. The molecule has 2 aromatic heterocycles. The number of aliphatic imine (C=N–C) groups is 1. The summed E-state index contributed by atoms with van der Waals surface area (Å²) in [6, 6.07) is 4.15. The standard InChI is InChI=1S/C31H40N8O2S2/c1-7-31(12-8-10-24-26(31)21(19-32)27(43-24)35-20-37(5)6)25(42)18-22(33)23-11-13-34-28(36-23)38-14-9-15-39(17-16-38)29(40)41-30(2,3)4/h7,11,13,18,20H,1,8-10,12,14-17,33H2,2-6H3/b22-18-,35-20+/t31-/m1/s1. The number of nitrogens with zero attached hydrogens (tertiary/aromatic N) is 7. The number of anilines is 1. The quantitative estimate of drug-likeness (QED) is 0.146. The highest BCUT2D eigenvalue weighted by Gasteiger charge is 2.41. The fourth-order valence-corrected chi connectivity index (χ4v) is 6.94. The van der Waals surface area contributed by atoms with Gasteiger partial charge >= 0.3 is 6.09 Å². The van der Waals surface area contributed by atoms with Gasteiger partial charge in [-0.05, 0) is 58.6 Å². The second-order valence-corrected chi connectivity index (χ2v) is 13.5. The van der Waals surface area contributed by atoms with Gasteiger partial charge in [0.25, 0.3) is 0 Å². The maximum Gasteiger partial charge on any atom is 0.410 e. The zero-order chi connectivity index (χ0) is 31.4. The first-order valence-electron chi connectivity index (χ1n) is 14.4. The Hall–Kier alpha value is -3.82. The molecule has 0 spiro atoms. The van der Waals surface area contributed by atoms with Crippen LogP contribution in [0.5, 0.6) is 0 Å². The number of carbonyl (C=O) groups excluding carboxylic acids is 1. The topological polar surface area (TPSA) is 124 Å². The predicted octanol–water partition coefficient (Wildman–Crippen LogP) is 5.21. The van der Waals surface area contributed by atoms with Crippen LogP contribution >= 0.6 is 23.6 Å². The molecule has 0 unspecified atom stereocenters. The first-order chi connectivity index (χ1) is 20.4. The molecule has 1 aliphatic carbocycles. The highest BCUT2D eigenvalue weighted by molar-refractivity contribution is 7.81. The lowest BCUT2D eigenvalue weighted by Crippen LogP contribution is -2.39. The summed E-state index contributed by atoms with van der Waals surface area (Å²) in [5.41, 5.74) is 7.75. The summed E-state index contributed by atoms with van der Waals surface area (Å²) in [6.45, 7) is 12.1. The van der Waals surface area contributed by atoms with Gasteiger partial charge in [0.05, 0.1) is 28.7 Å². The molecule has 1 amide bonds. The van der Waals surface area contributed by atoms with Crippen LogP contribution in [0.3, 0.4) is 0 Å². The number of rotatable bonds is 7. The number of carbonyl (C=O) groups is 1. The lowest BCUT2D eigenvalue weighted by molar-refractivity contribution is 0.0263. The van der Waals surface area contributed by atoms with Crippen LogP contribution in [0.4, 0.5) is 15.7 Å². The molecule has 1 fully saturated rings. The molecule has 4 rings (SSSR count). The third-order valence-electron chi connectivity index (χ3n) is 7.35. The van der Waals surface area contributed by atoms with Crippen molar-refractivity contribution >= 4 is 57.5 Å². The predicted molar refractivity (Wildman–Crippen MR) is 177 cm³/mol. The molecule has 1 saturated heterocycles. The average Bonchev–Trinajstić information content (AvgIpc) is 3.14. The molecular formula is C31H40N8O2S2. The van der Waals surface area contributed by atoms with Gasteiger partial charge in [0.1, 0.15) is 16.7 Å². The molecule has 1 aliphatic heterocycles. The Balaban J connectivity index is 1.58. The third kappa shape index (κ3) is 7.22. The van der Waals surface area contributed by atoms with Crippen molar-refractivity contribution < 1.29 is 9.53 Å². The zero-order valence-electron chi connectivity index (χ0n) is 25.6. The van der Waals surface area contributed by atoms with Gasteiger partial charge in [-0.15, -0.1) is 17.9 Å². The molecule has 12 heteroatoms. The van der Waals surface area contributed by atoms with Crippen LogP contribution in [0.1, 0.15) is 61.7 Å². The molecule has 2 N–H and O–H groups in total. The Kier molecular flexibility index (Phi) is 9.87. The summed E-state index contributed by atoms with van der Waals surface area (Å²) in [5, 5.41) is 10.8. The molecule has 0 radical (unpaired) electrons. The number of thiophene rings is 1. The van der Waals surface area contributed by atoms with Gasteiger partial charge in [-0.3, -0.25) is 0 Å². The molecule has 2 aliphatic rings. The SMILES string of the molecule is C=C[C@]1(C(=S)/C=C(\N)c2ccnc(N3CCCN(C(=O)OC(C)(C)C)CC3)n2)CCCc2sc(/N=C/N(C)C)c(C#N)c21. The van der Waals surface area contributed by atoms with E-state index in [1.807, 2.05) is 45.8 Å². The van der Waals surface area contributed by atoms with Crippen LogP contribution in [-0.2, 0) is 16.6 Å². The molecule has 1 atom stereocenters. The molecule has 0 aromatic carbocycles. The first-order valence-corrected chi connectivity index (χ1v) is 15.6. The van der Waals surface area contributed by atoms with Gasteiger partial charge in [-0.1, -0.05) is 18.3 Å². The van der Waals surface area contributed by atoms with E-state index in [4.69, 9.17) is 27.7 Å². The van der Waals surface area contributed by atoms with Gasteiger partial charge in [-0.25, -0.2) is 19.8 Å². The van der Waals surface area contributed by atoms with Crippen molar-refractivity contribution in [3.8, 4) is 6.07 Å². The Morgan fingerprint density at radius 2 is 2.07 bits per heavy atom. The summed E-state index contributed by atoms with van der Waals surface area (Å²) < 4.78 is 5.56. The number of hydrogen-bond donors (Lipinski definition) is 1. The Labute approximate surface area is 263 Å². The van der Waals surface area contributed by atoms with E-state index in [1.54, 1.807) is 29.6 Å². The van der Waals surface area contributed by atoms with Gasteiger partial charge in [0.15, 0.2) is 0 Å². The number of nitriles is 1. The van der Waals surface area contributed by atoms with E-state index in [-0.39, 0.29) is 6.09 Å². The highest BCUT2D eigenvalue weighted by atomic mass is 32.1. The van der Waals surface area contributed by atoms with Gasteiger partial charge in [0.2, 0.25) is 5.95 Å². The van der Waals surface area contributed by atoms with Crippen molar-refractivity contribution in [2.45, 2.75) is 57.5 Å². The molecule has 43 heavy (non-hydrogen) atoms. The number of allylic oxidation sites excluding steroid dienone is 2. The van der Waals surface area contributed by atoms with Gasteiger partial charge in [-0.2, -0.15) is 5.26 Å². The number of aryl methyl sites for hydroxylation is 1. The average molecular weight is 621 g/mol. The molecule has 0 bridgehead atoms. The summed E-state index contributed by atoms with van der Waals surface area (Å²) >= 11 is 7.57. The fourth-order valence-electron chi connectivity index (χ4n) is 5.31. The van der Waals surface area contributed by atoms with Crippen molar-refractivity contribution in [2.75, 3.05) is 45.2 Å². The zero-order valence-corrected chi connectivity index (χ0v) is 27.2. The van der Waals surface area contributed by atoms with Crippen LogP contribution in [0.15, 0.2) is 36.0 Å². The molecular weight excluding hydrogens is 581 g/mol. The van der Waals surface area contributed by atoms with Crippen LogP contribution in [0.25, 0.3) is 5.70 Å². The van der Waals surface area contributed by atoms with Crippen molar-refractivity contribution in [3.05, 3.63) is 52.7 Å². The first kappa shape index (κ1) is 32.1. The van der Waals surface area contributed by atoms with Gasteiger partial charge in [0, 0.05) is 61.8 Å². The van der Waals surface area contributed by atoms with E-state index in [0.29, 0.717) is 58.9 Å². The van der Waals surface area contributed by atoms with Gasteiger partial charge < -0.3 is 25.2 Å². The summed E-state index contributed by atoms with van der Waals surface area (Å²) in [6.07, 6.45) is 9.95. The smallest absolute Gasteiger partial charge is 0.410 e. The largest absolute Gasteiger partial charge is 0.444 e. The second kappa shape index (κ2) is 13.2. The number of nitrogens with two attached hydrogens (primary N) is 1. The Morgan fingerprint density at radius 1 is 1.30 bits per heavy atom. The monoisotopic (exact) mass is 620 g/mol. The van der Waals surface area contributed by atoms with Crippen molar-refractivity contribution in [1.82, 2.24) is 19.8 Å². The number of hydrogen-bond acceptors (Lipinski definition) is 10. The normalized spacial score (nSPS) is 19.4.